The Morgan fingerprint density at radius 2 is 1.84 bits per heavy atom. The summed E-state index contributed by atoms with van der Waals surface area (Å²) in [6.45, 7) is 0. The van der Waals surface area contributed by atoms with Gasteiger partial charge in [-0.1, -0.05) is 6.07 Å². The van der Waals surface area contributed by atoms with E-state index in [0.717, 1.165) is 20.9 Å². The highest BCUT2D eigenvalue weighted by atomic mass is 32.1. The quantitative estimate of drug-likeness (QED) is 0.670. The molecule has 0 bridgehead atoms. The van der Waals surface area contributed by atoms with Gasteiger partial charge in [0.25, 0.3) is 0 Å². The van der Waals surface area contributed by atoms with Crippen LogP contribution in [0.4, 0.5) is 0 Å². The highest BCUT2D eigenvalue weighted by Gasteiger charge is 2.10. The van der Waals surface area contributed by atoms with Crippen LogP contribution in [0.3, 0.4) is 0 Å². The van der Waals surface area contributed by atoms with E-state index in [-0.39, 0.29) is 5.43 Å². The van der Waals surface area contributed by atoms with E-state index in [2.05, 4.69) is 0 Å². The van der Waals surface area contributed by atoms with E-state index < -0.39 is 0 Å². The molecule has 0 saturated heterocycles. The predicted octanol–water partition coefficient (Wildman–Crippen LogP) is 3.43. The number of fused-ring (bicyclic) bond motifs is 2. The van der Waals surface area contributed by atoms with Crippen molar-refractivity contribution in [3.63, 3.8) is 0 Å². The lowest BCUT2D eigenvalue weighted by Gasteiger charge is -2.06. The van der Waals surface area contributed by atoms with E-state index in [0.29, 0.717) is 10.8 Å². The molecule has 0 atom stereocenters. The van der Waals surface area contributed by atoms with Crippen molar-refractivity contribution >= 4 is 31.5 Å². The van der Waals surface area contributed by atoms with Crippen LogP contribution in [0.25, 0.3) is 20.2 Å². The summed E-state index contributed by atoms with van der Waals surface area (Å²) < 4.78 is 12.3. The number of rotatable bonds is 2. The molecule has 0 spiro atoms. The standard InChI is InChI=1S/C15H12O3S/c1-17-9-6-7-10-13(8-9)19-15-11(14(10)16)4-3-5-12(15)18-2/h3-8H,1-2H3. The first-order valence-corrected chi connectivity index (χ1v) is 6.64. The molecule has 1 aromatic heterocycles. The molecule has 96 valence electrons. The number of hydrogen-bond donors (Lipinski definition) is 0. The summed E-state index contributed by atoms with van der Waals surface area (Å²) in [4.78, 5) is 12.5. The number of hydrogen-bond acceptors (Lipinski definition) is 4. The largest absolute Gasteiger partial charge is 0.497 e. The lowest BCUT2D eigenvalue weighted by atomic mass is 10.1. The van der Waals surface area contributed by atoms with Gasteiger partial charge in [0.05, 0.1) is 18.9 Å². The molecule has 0 amide bonds. The van der Waals surface area contributed by atoms with Crippen LogP contribution in [0.15, 0.2) is 41.2 Å². The molecule has 3 aromatic rings. The van der Waals surface area contributed by atoms with E-state index in [1.165, 1.54) is 0 Å². The summed E-state index contributed by atoms with van der Waals surface area (Å²) in [7, 11) is 3.23. The van der Waals surface area contributed by atoms with Crippen LogP contribution in [0, 0.1) is 0 Å². The van der Waals surface area contributed by atoms with Crippen LogP contribution in [0.5, 0.6) is 11.5 Å². The van der Waals surface area contributed by atoms with Gasteiger partial charge in [-0.3, -0.25) is 4.79 Å². The van der Waals surface area contributed by atoms with Crippen LogP contribution in [-0.4, -0.2) is 14.2 Å². The third kappa shape index (κ3) is 1.85. The van der Waals surface area contributed by atoms with Crippen LogP contribution >= 0.6 is 11.3 Å². The average molecular weight is 272 g/mol. The minimum atomic E-state index is 0.0327. The Morgan fingerprint density at radius 3 is 2.58 bits per heavy atom. The zero-order valence-corrected chi connectivity index (χ0v) is 11.4. The van der Waals surface area contributed by atoms with Gasteiger partial charge in [-0.05, 0) is 30.3 Å². The normalized spacial score (nSPS) is 10.8. The molecule has 0 aliphatic carbocycles. The lowest BCUT2D eigenvalue weighted by molar-refractivity contribution is 0.415. The third-order valence-corrected chi connectivity index (χ3v) is 4.27. The molecular formula is C15H12O3S. The van der Waals surface area contributed by atoms with Gasteiger partial charge in [0.2, 0.25) is 0 Å². The van der Waals surface area contributed by atoms with Crippen LogP contribution in [0.1, 0.15) is 0 Å². The summed E-state index contributed by atoms with van der Waals surface area (Å²) >= 11 is 1.54. The Bertz CT molecular complexity index is 821. The first kappa shape index (κ1) is 12.0. The fourth-order valence-corrected chi connectivity index (χ4v) is 3.31. The van der Waals surface area contributed by atoms with Crippen molar-refractivity contribution in [2.75, 3.05) is 14.2 Å². The van der Waals surface area contributed by atoms with E-state index >= 15 is 0 Å². The highest BCUT2D eigenvalue weighted by molar-refractivity contribution is 7.24. The van der Waals surface area contributed by atoms with Gasteiger partial charge in [0, 0.05) is 15.5 Å². The molecule has 0 aliphatic rings. The Morgan fingerprint density at radius 1 is 1.00 bits per heavy atom. The van der Waals surface area contributed by atoms with Gasteiger partial charge in [0.1, 0.15) is 11.5 Å². The second-order valence-electron chi connectivity index (χ2n) is 4.13. The SMILES string of the molecule is COc1ccc2c(=O)c3cccc(OC)c3sc2c1. The van der Waals surface area contributed by atoms with Crippen molar-refractivity contribution in [1.82, 2.24) is 0 Å². The molecular weight excluding hydrogens is 260 g/mol. The second kappa shape index (κ2) is 4.55. The summed E-state index contributed by atoms with van der Waals surface area (Å²) in [6, 6.07) is 11.0. The zero-order valence-electron chi connectivity index (χ0n) is 10.6. The molecule has 3 nitrogen and oxygen atoms in total. The number of methoxy groups -OCH3 is 2. The Labute approximate surface area is 114 Å². The van der Waals surface area contributed by atoms with Gasteiger partial charge in [0.15, 0.2) is 5.43 Å². The molecule has 0 N–H and O–H groups in total. The van der Waals surface area contributed by atoms with E-state index in [1.54, 1.807) is 25.6 Å². The van der Waals surface area contributed by atoms with Gasteiger partial charge in [-0.15, -0.1) is 11.3 Å². The first-order chi connectivity index (χ1) is 9.24. The molecule has 19 heavy (non-hydrogen) atoms. The van der Waals surface area contributed by atoms with Crippen molar-refractivity contribution in [2.45, 2.75) is 0 Å². The minimum absolute atomic E-state index is 0.0327. The third-order valence-electron chi connectivity index (χ3n) is 3.09. The second-order valence-corrected chi connectivity index (χ2v) is 5.18. The summed E-state index contributed by atoms with van der Waals surface area (Å²) in [5.74, 6) is 1.47. The molecule has 0 unspecified atom stereocenters. The zero-order chi connectivity index (χ0) is 13.4. The molecule has 1 heterocycles. The van der Waals surface area contributed by atoms with Crippen LogP contribution in [0.2, 0.25) is 0 Å². The molecule has 3 rings (SSSR count). The summed E-state index contributed by atoms with van der Waals surface area (Å²) in [6.07, 6.45) is 0. The van der Waals surface area contributed by atoms with Crippen molar-refractivity contribution in [1.29, 1.82) is 0 Å². The fraction of sp³-hybridized carbons (Fsp3) is 0.133. The Balaban J connectivity index is 2.49. The Kier molecular flexibility index (Phi) is 2.87. The average Bonchev–Trinajstić information content (AvgIpc) is 2.46. The van der Waals surface area contributed by atoms with Gasteiger partial charge in [-0.2, -0.15) is 0 Å². The maximum atomic E-state index is 12.5. The van der Waals surface area contributed by atoms with Crippen molar-refractivity contribution in [2.24, 2.45) is 0 Å². The molecule has 0 aliphatic heterocycles. The highest BCUT2D eigenvalue weighted by Crippen LogP contribution is 2.33. The number of ether oxygens (including phenoxy) is 2. The first-order valence-electron chi connectivity index (χ1n) is 5.82. The lowest BCUT2D eigenvalue weighted by Crippen LogP contribution is -2.01. The van der Waals surface area contributed by atoms with E-state index in [1.807, 2.05) is 36.4 Å². The monoisotopic (exact) mass is 272 g/mol. The number of benzene rings is 2. The summed E-state index contributed by atoms with van der Waals surface area (Å²) in [5, 5.41) is 1.41. The minimum Gasteiger partial charge on any atom is -0.497 e. The molecule has 0 saturated carbocycles. The Hall–Kier alpha value is -2.07. The fourth-order valence-electron chi connectivity index (χ4n) is 2.12. The maximum absolute atomic E-state index is 12.5. The van der Waals surface area contributed by atoms with Gasteiger partial charge >= 0.3 is 0 Å². The topological polar surface area (TPSA) is 35.5 Å². The van der Waals surface area contributed by atoms with E-state index in [9.17, 15) is 4.79 Å². The van der Waals surface area contributed by atoms with Crippen LogP contribution < -0.4 is 14.9 Å². The van der Waals surface area contributed by atoms with Gasteiger partial charge in [-0.25, -0.2) is 0 Å². The van der Waals surface area contributed by atoms with Crippen molar-refractivity contribution in [3.8, 4) is 11.5 Å². The van der Waals surface area contributed by atoms with Crippen molar-refractivity contribution < 1.29 is 9.47 Å². The molecule has 0 radical (unpaired) electrons. The molecule has 4 heteroatoms. The van der Waals surface area contributed by atoms with Gasteiger partial charge < -0.3 is 9.47 Å². The smallest absolute Gasteiger partial charge is 0.196 e. The van der Waals surface area contributed by atoms with E-state index in [4.69, 9.17) is 9.47 Å². The maximum Gasteiger partial charge on any atom is 0.196 e. The molecule has 2 aromatic carbocycles. The van der Waals surface area contributed by atoms with Crippen LogP contribution in [-0.2, 0) is 0 Å². The molecule has 0 fully saturated rings. The predicted molar refractivity (Wildman–Crippen MR) is 78.7 cm³/mol. The summed E-state index contributed by atoms with van der Waals surface area (Å²) in [5.41, 5.74) is 0.0327. The van der Waals surface area contributed by atoms with Crippen molar-refractivity contribution in [3.05, 3.63) is 46.6 Å².